The topological polar surface area (TPSA) is 58.1 Å². The Kier molecular flexibility index (Phi) is 8.06. The first-order valence-corrected chi connectivity index (χ1v) is 10.3. The number of benzene rings is 1. The highest BCUT2D eigenvalue weighted by atomic mass is 19.1. The average Bonchev–Trinajstić information content (AvgIpc) is 3.24. The molecular formula is C21H33FN4O2. The summed E-state index contributed by atoms with van der Waals surface area (Å²) in [6.07, 6.45) is 1.10. The van der Waals surface area contributed by atoms with Crippen molar-refractivity contribution in [3.8, 4) is 0 Å². The summed E-state index contributed by atoms with van der Waals surface area (Å²) in [5, 5.41) is 6.84. The minimum atomic E-state index is -0.176. The van der Waals surface area contributed by atoms with Crippen molar-refractivity contribution < 1.29 is 13.9 Å². The first-order chi connectivity index (χ1) is 13.7. The molecule has 156 valence electrons. The Labute approximate surface area is 167 Å². The van der Waals surface area contributed by atoms with Crippen LogP contribution in [0, 0.1) is 18.7 Å². The highest BCUT2D eigenvalue weighted by molar-refractivity contribution is 5.79. The Hall–Kier alpha value is -1.70. The van der Waals surface area contributed by atoms with Crippen molar-refractivity contribution in [2.24, 2.45) is 10.9 Å². The van der Waals surface area contributed by atoms with Crippen molar-refractivity contribution in [3.05, 3.63) is 35.1 Å². The van der Waals surface area contributed by atoms with E-state index in [0.717, 1.165) is 70.6 Å². The number of rotatable bonds is 7. The van der Waals surface area contributed by atoms with Crippen LogP contribution in [0.1, 0.15) is 24.5 Å². The van der Waals surface area contributed by atoms with Gasteiger partial charge in [0.2, 0.25) is 0 Å². The van der Waals surface area contributed by atoms with Gasteiger partial charge >= 0.3 is 0 Å². The molecule has 2 saturated heterocycles. The molecule has 0 aliphatic carbocycles. The van der Waals surface area contributed by atoms with Gasteiger partial charge in [0.05, 0.1) is 26.4 Å². The maximum absolute atomic E-state index is 13.5. The molecule has 2 heterocycles. The predicted molar refractivity (Wildman–Crippen MR) is 109 cm³/mol. The third kappa shape index (κ3) is 5.90. The fourth-order valence-corrected chi connectivity index (χ4v) is 3.88. The van der Waals surface area contributed by atoms with Crippen LogP contribution in [-0.4, -0.2) is 69.5 Å². The highest BCUT2D eigenvalue weighted by Crippen LogP contribution is 2.21. The highest BCUT2D eigenvalue weighted by Gasteiger charge is 2.31. The summed E-state index contributed by atoms with van der Waals surface area (Å²) < 4.78 is 24.6. The molecule has 0 aromatic heterocycles. The second-order valence-electron chi connectivity index (χ2n) is 7.50. The Bertz CT molecular complexity index is 643. The lowest BCUT2D eigenvalue weighted by Gasteiger charge is -2.37. The van der Waals surface area contributed by atoms with Gasteiger partial charge in [0.25, 0.3) is 0 Å². The van der Waals surface area contributed by atoms with Gasteiger partial charge in [-0.05, 0) is 37.5 Å². The number of aliphatic imine (C=N–C) groups is 1. The summed E-state index contributed by atoms with van der Waals surface area (Å²) >= 11 is 0. The van der Waals surface area contributed by atoms with Crippen LogP contribution in [0.5, 0.6) is 0 Å². The van der Waals surface area contributed by atoms with Gasteiger partial charge < -0.3 is 20.1 Å². The molecule has 2 aliphatic rings. The molecule has 1 aromatic carbocycles. The number of aryl methyl sites for hydroxylation is 1. The van der Waals surface area contributed by atoms with Crippen molar-refractivity contribution in [3.63, 3.8) is 0 Å². The van der Waals surface area contributed by atoms with Crippen LogP contribution in [-0.2, 0) is 16.0 Å². The lowest BCUT2D eigenvalue weighted by atomic mass is 9.97. The fraction of sp³-hybridized carbons (Fsp3) is 0.667. The number of hydrogen-bond donors (Lipinski definition) is 2. The van der Waals surface area contributed by atoms with Crippen molar-refractivity contribution >= 4 is 5.96 Å². The summed E-state index contributed by atoms with van der Waals surface area (Å²) in [4.78, 5) is 7.21. The third-order valence-corrected chi connectivity index (χ3v) is 5.49. The van der Waals surface area contributed by atoms with E-state index in [2.05, 4.69) is 22.5 Å². The quantitative estimate of drug-likeness (QED) is 0.549. The summed E-state index contributed by atoms with van der Waals surface area (Å²) in [6, 6.07) is 5.56. The van der Waals surface area contributed by atoms with E-state index < -0.39 is 0 Å². The van der Waals surface area contributed by atoms with Crippen molar-refractivity contribution in [1.82, 2.24) is 15.5 Å². The van der Waals surface area contributed by atoms with Gasteiger partial charge in [0.1, 0.15) is 5.82 Å². The zero-order chi connectivity index (χ0) is 19.8. The number of nitrogens with zero attached hydrogens (tertiary/aromatic N) is 2. The fourth-order valence-electron chi connectivity index (χ4n) is 3.88. The molecule has 1 aromatic rings. The maximum atomic E-state index is 13.5. The molecule has 2 fully saturated rings. The number of morpholine rings is 1. The molecule has 0 bridgehead atoms. The smallest absolute Gasteiger partial charge is 0.191 e. The lowest BCUT2D eigenvalue weighted by Crippen LogP contribution is -2.53. The zero-order valence-electron chi connectivity index (χ0n) is 17.0. The monoisotopic (exact) mass is 392 g/mol. The summed E-state index contributed by atoms with van der Waals surface area (Å²) in [5.41, 5.74) is 1.66. The first kappa shape index (κ1) is 21.0. The number of hydrogen-bond acceptors (Lipinski definition) is 4. The molecule has 2 aliphatic heterocycles. The van der Waals surface area contributed by atoms with Crippen molar-refractivity contribution in [1.29, 1.82) is 0 Å². The van der Waals surface area contributed by atoms with Crippen LogP contribution >= 0.6 is 0 Å². The average molecular weight is 393 g/mol. The minimum absolute atomic E-state index is 0.176. The number of halogens is 1. The van der Waals surface area contributed by atoms with Gasteiger partial charge in [-0.1, -0.05) is 12.1 Å². The molecule has 0 saturated carbocycles. The summed E-state index contributed by atoms with van der Waals surface area (Å²) in [6.45, 7) is 11.2. The van der Waals surface area contributed by atoms with Crippen LogP contribution < -0.4 is 10.6 Å². The molecule has 28 heavy (non-hydrogen) atoms. The Morgan fingerprint density at radius 2 is 2.07 bits per heavy atom. The van der Waals surface area contributed by atoms with E-state index in [1.54, 1.807) is 13.0 Å². The molecule has 0 amide bonds. The van der Waals surface area contributed by atoms with Gasteiger partial charge in [-0.2, -0.15) is 0 Å². The molecule has 0 spiro atoms. The molecule has 3 rings (SSSR count). The van der Waals surface area contributed by atoms with E-state index in [0.29, 0.717) is 24.1 Å². The molecule has 0 radical (unpaired) electrons. The normalized spacial score (nSPS) is 22.2. The van der Waals surface area contributed by atoms with E-state index in [9.17, 15) is 4.39 Å². The first-order valence-electron chi connectivity index (χ1n) is 10.3. The SMILES string of the molecule is CCNC(=NCc1ccc(F)c(C)c1)NCC(C1CCOC1)N1CCOCC1. The second kappa shape index (κ2) is 10.7. The number of nitrogens with one attached hydrogen (secondary N) is 2. The number of guanidine groups is 1. The van der Waals surface area contributed by atoms with Crippen molar-refractivity contribution in [2.45, 2.75) is 32.9 Å². The predicted octanol–water partition coefficient (Wildman–Crippen LogP) is 1.93. The molecular weight excluding hydrogens is 359 g/mol. The van der Waals surface area contributed by atoms with Gasteiger partial charge in [0, 0.05) is 44.7 Å². The Morgan fingerprint density at radius 1 is 1.25 bits per heavy atom. The van der Waals surface area contributed by atoms with E-state index in [1.165, 1.54) is 6.07 Å². The zero-order valence-corrected chi connectivity index (χ0v) is 17.0. The Morgan fingerprint density at radius 3 is 2.75 bits per heavy atom. The van der Waals surface area contributed by atoms with Gasteiger partial charge in [-0.3, -0.25) is 4.90 Å². The summed E-state index contributed by atoms with van der Waals surface area (Å²) in [5.74, 6) is 1.15. The van der Waals surface area contributed by atoms with Gasteiger partial charge in [-0.25, -0.2) is 9.38 Å². The number of ether oxygens (including phenoxy) is 2. The van der Waals surface area contributed by atoms with Crippen LogP contribution in [0.15, 0.2) is 23.2 Å². The van der Waals surface area contributed by atoms with Crippen LogP contribution in [0.2, 0.25) is 0 Å². The lowest BCUT2D eigenvalue weighted by molar-refractivity contribution is 0.00246. The largest absolute Gasteiger partial charge is 0.381 e. The molecule has 6 nitrogen and oxygen atoms in total. The minimum Gasteiger partial charge on any atom is -0.381 e. The standard InChI is InChI=1S/C21H33FN4O2/c1-3-23-21(24-13-17-4-5-19(22)16(2)12-17)25-14-20(18-6-9-28-15-18)26-7-10-27-11-8-26/h4-5,12,18,20H,3,6-11,13-15H2,1-2H3,(H2,23,24,25). The van der Waals surface area contributed by atoms with E-state index in [-0.39, 0.29) is 5.82 Å². The molecule has 7 heteroatoms. The van der Waals surface area contributed by atoms with Crippen LogP contribution in [0.4, 0.5) is 4.39 Å². The van der Waals surface area contributed by atoms with Gasteiger partial charge in [-0.15, -0.1) is 0 Å². The Balaban J connectivity index is 1.62. The van der Waals surface area contributed by atoms with Crippen LogP contribution in [0.3, 0.4) is 0 Å². The third-order valence-electron chi connectivity index (χ3n) is 5.49. The molecule has 2 atom stereocenters. The maximum Gasteiger partial charge on any atom is 0.191 e. The van der Waals surface area contributed by atoms with Gasteiger partial charge in [0.15, 0.2) is 5.96 Å². The summed E-state index contributed by atoms with van der Waals surface area (Å²) in [7, 11) is 0. The second-order valence-corrected chi connectivity index (χ2v) is 7.50. The van der Waals surface area contributed by atoms with E-state index in [4.69, 9.17) is 14.5 Å². The molecule has 2 N–H and O–H groups in total. The van der Waals surface area contributed by atoms with E-state index in [1.807, 2.05) is 6.07 Å². The van der Waals surface area contributed by atoms with E-state index >= 15 is 0 Å². The van der Waals surface area contributed by atoms with Crippen LogP contribution in [0.25, 0.3) is 0 Å². The van der Waals surface area contributed by atoms with Crippen molar-refractivity contribution in [2.75, 3.05) is 52.6 Å². The molecule has 2 unspecified atom stereocenters.